The number of aromatic nitrogens is 1. The van der Waals surface area contributed by atoms with Gasteiger partial charge in [0.2, 0.25) is 0 Å². The molecule has 0 aliphatic rings. The van der Waals surface area contributed by atoms with Gasteiger partial charge < -0.3 is 10.1 Å². The van der Waals surface area contributed by atoms with Gasteiger partial charge in [-0.3, -0.25) is 9.78 Å². The van der Waals surface area contributed by atoms with Gasteiger partial charge in [-0.2, -0.15) is 0 Å². The van der Waals surface area contributed by atoms with E-state index in [1.54, 1.807) is 25.4 Å². The molecule has 0 saturated heterocycles. The van der Waals surface area contributed by atoms with Crippen LogP contribution in [0.1, 0.15) is 43.2 Å². The monoisotopic (exact) mass is 324 g/mol. The number of hydrogen-bond donors (Lipinski definition) is 1. The van der Waals surface area contributed by atoms with Crippen LogP contribution >= 0.6 is 0 Å². The van der Waals surface area contributed by atoms with Gasteiger partial charge in [-0.15, -0.1) is 0 Å². The number of benzene rings is 1. The van der Waals surface area contributed by atoms with E-state index in [4.69, 9.17) is 4.74 Å². The van der Waals surface area contributed by atoms with Crippen molar-refractivity contribution in [3.8, 4) is 11.5 Å². The third-order valence-electron chi connectivity index (χ3n) is 4.57. The molecule has 2 aromatic rings. The number of amides is 1. The van der Waals surface area contributed by atoms with Crippen molar-refractivity contribution in [1.82, 2.24) is 10.3 Å². The molecule has 1 unspecified atom stereocenters. The van der Waals surface area contributed by atoms with Crippen LogP contribution in [0.2, 0.25) is 0 Å². The quantitative estimate of drug-likeness (QED) is 0.797. The van der Waals surface area contributed by atoms with Gasteiger partial charge in [0.05, 0.1) is 0 Å². The highest BCUT2D eigenvalue weighted by Crippen LogP contribution is 2.35. The molecule has 0 radical (unpaired) electrons. The van der Waals surface area contributed by atoms with Crippen molar-refractivity contribution in [3.05, 3.63) is 66.0 Å². The van der Waals surface area contributed by atoms with E-state index in [2.05, 4.69) is 49.8 Å². The second-order valence-corrected chi connectivity index (χ2v) is 6.05. The minimum atomic E-state index is -0.240. The van der Waals surface area contributed by atoms with E-state index in [0.717, 1.165) is 12.0 Å². The Hall–Kier alpha value is -2.62. The summed E-state index contributed by atoms with van der Waals surface area (Å²) in [4.78, 5) is 15.7. The molecular weight excluding hydrogens is 300 g/mol. The summed E-state index contributed by atoms with van der Waals surface area (Å²) in [5, 5.41) is 2.55. The van der Waals surface area contributed by atoms with Crippen molar-refractivity contribution in [3.63, 3.8) is 0 Å². The first-order chi connectivity index (χ1) is 11.4. The summed E-state index contributed by atoms with van der Waals surface area (Å²) in [7, 11) is 1.57. The van der Waals surface area contributed by atoms with Gasteiger partial charge in [0.15, 0.2) is 0 Å². The van der Waals surface area contributed by atoms with Gasteiger partial charge in [0.25, 0.3) is 5.91 Å². The van der Waals surface area contributed by atoms with Crippen LogP contribution in [0.4, 0.5) is 0 Å². The van der Waals surface area contributed by atoms with Crippen LogP contribution in [0.25, 0.3) is 0 Å². The fourth-order valence-electron chi connectivity index (χ4n) is 2.51. The van der Waals surface area contributed by atoms with Crippen molar-refractivity contribution >= 4 is 5.91 Å². The average Bonchev–Trinajstić information content (AvgIpc) is 2.61. The molecule has 1 heterocycles. The Balaban J connectivity index is 2.21. The zero-order valence-electron chi connectivity index (χ0n) is 14.7. The molecule has 4 heteroatoms. The number of rotatable bonds is 6. The lowest BCUT2D eigenvalue weighted by molar-refractivity contribution is 0.0958. The standard InChI is InChI=1S/C20H24N2O2/c1-6-20(4,14(2)3)15-7-9-16(10-8-15)24-17-11-12-22-18(13-17)19(23)21-5/h7-13H,2,6H2,1,3-5H3,(H,21,23). The predicted octanol–water partition coefficient (Wildman–Crippen LogP) is 4.48. The van der Waals surface area contributed by atoms with Crippen LogP contribution in [0.15, 0.2) is 54.7 Å². The Morgan fingerprint density at radius 3 is 2.46 bits per heavy atom. The molecule has 0 spiro atoms. The maximum Gasteiger partial charge on any atom is 0.269 e. The van der Waals surface area contributed by atoms with Gasteiger partial charge in [-0.1, -0.05) is 38.1 Å². The summed E-state index contributed by atoms with van der Waals surface area (Å²) in [6.45, 7) is 10.5. The third-order valence-corrected chi connectivity index (χ3v) is 4.57. The Bertz CT molecular complexity index is 738. The zero-order valence-corrected chi connectivity index (χ0v) is 14.7. The number of allylic oxidation sites excluding steroid dienone is 1. The number of nitrogens with one attached hydrogen (secondary N) is 1. The Morgan fingerprint density at radius 1 is 1.25 bits per heavy atom. The highest BCUT2D eigenvalue weighted by molar-refractivity contribution is 5.92. The van der Waals surface area contributed by atoms with Crippen LogP contribution in [0.5, 0.6) is 11.5 Å². The fraction of sp³-hybridized carbons (Fsp3) is 0.300. The van der Waals surface area contributed by atoms with Gasteiger partial charge in [-0.25, -0.2) is 0 Å². The summed E-state index contributed by atoms with van der Waals surface area (Å²) >= 11 is 0. The maximum absolute atomic E-state index is 11.6. The summed E-state index contributed by atoms with van der Waals surface area (Å²) in [6.07, 6.45) is 2.55. The van der Waals surface area contributed by atoms with E-state index < -0.39 is 0 Å². The fourth-order valence-corrected chi connectivity index (χ4v) is 2.51. The van der Waals surface area contributed by atoms with Crippen LogP contribution < -0.4 is 10.1 Å². The topological polar surface area (TPSA) is 51.2 Å². The molecule has 1 amide bonds. The Morgan fingerprint density at radius 2 is 1.92 bits per heavy atom. The van der Waals surface area contributed by atoms with Crippen molar-refractivity contribution in [2.45, 2.75) is 32.6 Å². The van der Waals surface area contributed by atoms with E-state index in [0.29, 0.717) is 17.2 Å². The number of hydrogen-bond acceptors (Lipinski definition) is 3. The lowest BCUT2D eigenvalue weighted by atomic mass is 9.75. The second-order valence-electron chi connectivity index (χ2n) is 6.05. The number of pyridine rings is 1. The van der Waals surface area contributed by atoms with E-state index in [1.807, 2.05) is 12.1 Å². The zero-order chi connectivity index (χ0) is 17.7. The van der Waals surface area contributed by atoms with Gasteiger partial charge in [0, 0.05) is 24.7 Å². The van der Waals surface area contributed by atoms with Gasteiger partial charge >= 0.3 is 0 Å². The molecule has 1 N–H and O–H groups in total. The van der Waals surface area contributed by atoms with Crippen molar-refractivity contribution in [1.29, 1.82) is 0 Å². The number of carbonyl (C=O) groups is 1. The van der Waals surface area contributed by atoms with Crippen LogP contribution in [-0.4, -0.2) is 17.9 Å². The Labute approximate surface area is 143 Å². The van der Waals surface area contributed by atoms with Crippen LogP contribution in [0.3, 0.4) is 0 Å². The molecule has 0 saturated carbocycles. The van der Waals surface area contributed by atoms with E-state index in [9.17, 15) is 4.79 Å². The maximum atomic E-state index is 11.6. The van der Waals surface area contributed by atoms with Gasteiger partial charge in [-0.05, 0) is 37.1 Å². The van der Waals surface area contributed by atoms with E-state index in [1.165, 1.54) is 5.56 Å². The smallest absolute Gasteiger partial charge is 0.269 e. The minimum Gasteiger partial charge on any atom is -0.457 e. The number of ether oxygens (including phenoxy) is 1. The molecule has 126 valence electrons. The Kier molecular flexibility index (Phi) is 5.39. The first-order valence-electron chi connectivity index (χ1n) is 8.03. The molecule has 2 rings (SSSR count). The highest BCUT2D eigenvalue weighted by Gasteiger charge is 2.25. The molecule has 0 aliphatic heterocycles. The number of nitrogens with zero attached hydrogens (tertiary/aromatic N) is 1. The third kappa shape index (κ3) is 3.65. The molecule has 1 aromatic heterocycles. The molecule has 0 aliphatic carbocycles. The molecule has 4 nitrogen and oxygen atoms in total. The normalized spacial score (nSPS) is 13.0. The summed E-state index contributed by atoms with van der Waals surface area (Å²) < 4.78 is 5.83. The first-order valence-corrected chi connectivity index (χ1v) is 8.03. The molecule has 0 fully saturated rings. The van der Waals surface area contributed by atoms with Crippen molar-refractivity contribution in [2.75, 3.05) is 7.05 Å². The second kappa shape index (κ2) is 7.30. The molecule has 0 bridgehead atoms. The highest BCUT2D eigenvalue weighted by atomic mass is 16.5. The SMILES string of the molecule is C=C(C)C(C)(CC)c1ccc(Oc2ccnc(C(=O)NC)c2)cc1. The first kappa shape index (κ1) is 17.7. The van der Waals surface area contributed by atoms with Gasteiger partial charge in [0.1, 0.15) is 17.2 Å². The predicted molar refractivity (Wildman–Crippen MR) is 96.6 cm³/mol. The summed E-state index contributed by atoms with van der Waals surface area (Å²) in [5.74, 6) is 1.05. The average molecular weight is 324 g/mol. The van der Waals surface area contributed by atoms with Crippen molar-refractivity contribution < 1.29 is 9.53 Å². The van der Waals surface area contributed by atoms with Crippen LogP contribution in [0, 0.1) is 0 Å². The number of carbonyl (C=O) groups excluding carboxylic acids is 1. The molecule has 1 aromatic carbocycles. The molecule has 1 atom stereocenters. The van der Waals surface area contributed by atoms with E-state index in [-0.39, 0.29) is 11.3 Å². The molecular formula is C20H24N2O2. The van der Waals surface area contributed by atoms with Crippen molar-refractivity contribution in [2.24, 2.45) is 0 Å². The summed E-state index contributed by atoms with van der Waals surface area (Å²) in [6, 6.07) is 11.3. The van der Waals surface area contributed by atoms with Crippen LogP contribution in [-0.2, 0) is 5.41 Å². The largest absolute Gasteiger partial charge is 0.457 e. The lowest BCUT2D eigenvalue weighted by Crippen LogP contribution is -2.21. The minimum absolute atomic E-state index is 0.0401. The lowest BCUT2D eigenvalue weighted by Gasteiger charge is -2.29. The molecule has 24 heavy (non-hydrogen) atoms. The van der Waals surface area contributed by atoms with E-state index >= 15 is 0 Å². The summed E-state index contributed by atoms with van der Waals surface area (Å²) in [5.41, 5.74) is 2.64.